The van der Waals surface area contributed by atoms with Crippen molar-refractivity contribution >= 4 is 28.3 Å². The van der Waals surface area contributed by atoms with Crippen molar-refractivity contribution in [3.05, 3.63) is 0 Å². The first-order valence-corrected chi connectivity index (χ1v) is 7.60. The van der Waals surface area contributed by atoms with Crippen molar-refractivity contribution < 1.29 is 13.2 Å². The highest BCUT2D eigenvalue weighted by Gasteiger charge is 2.28. The molecule has 0 aliphatic heterocycles. The van der Waals surface area contributed by atoms with Crippen LogP contribution in [0.5, 0.6) is 0 Å². The fourth-order valence-corrected chi connectivity index (χ4v) is 2.43. The first kappa shape index (κ1) is 17.6. The molecule has 0 aromatic carbocycles. The molecule has 2 atom stereocenters. The molecule has 0 bridgehead atoms. The van der Waals surface area contributed by atoms with Crippen molar-refractivity contribution in [3.8, 4) is 0 Å². The number of nitrogens with two attached hydrogens (primary N) is 1. The van der Waals surface area contributed by atoms with Gasteiger partial charge in [0.25, 0.3) is 0 Å². The zero-order chi connectivity index (χ0) is 13.1. The summed E-state index contributed by atoms with van der Waals surface area (Å²) in [6.07, 6.45) is 4.10. The van der Waals surface area contributed by atoms with Crippen molar-refractivity contribution in [3.63, 3.8) is 0 Å². The number of likely N-dealkylation sites (N-methyl/N-ethyl adjacent to an activating group) is 1. The molecule has 0 saturated heterocycles. The molecule has 0 aromatic heterocycles. The van der Waals surface area contributed by atoms with E-state index in [-0.39, 0.29) is 30.9 Å². The largest absolute Gasteiger partial charge is 0.352 e. The number of hydrogen-bond acceptors (Lipinski definition) is 4. The van der Waals surface area contributed by atoms with Gasteiger partial charge in [0.2, 0.25) is 15.9 Å². The molecule has 0 aromatic rings. The Bertz CT molecular complexity index is 375. The van der Waals surface area contributed by atoms with Crippen LogP contribution >= 0.6 is 12.4 Å². The SMILES string of the molecule is CN(CC(=O)NC1CCCC1CN)S(C)(=O)=O.Cl. The summed E-state index contributed by atoms with van der Waals surface area (Å²) in [4.78, 5) is 11.7. The van der Waals surface area contributed by atoms with Gasteiger partial charge in [-0.3, -0.25) is 4.79 Å². The van der Waals surface area contributed by atoms with Crippen molar-refractivity contribution in [1.82, 2.24) is 9.62 Å². The fraction of sp³-hybridized carbons (Fsp3) is 0.900. The van der Waals surface area contributed by atoms with Crippen LogP contribution in [0.2, 0.25) is 0 Å². The standard InChI is InChI=1S/C10H21N3O3S.ClH/c1-13(17(2,15)16)7-10(14)12-9-5-3-4-8(9)6-11;/h8-9H,3-7,11H2,1-2H3,(H,12,14);1H. The molecule has 1 amide bonds. The molecule has 8 heteroatoms. The second-order valence-corrected chi connectivity index (χ2v) is 6.71. The van der Waals surface area contributed by atoms with E-state index in [9.17, 15) is 13.2 Å². The molecule has 18 heavy (non-hydrogen) atoms. The van der Waals surface area contributed by atoms with Gasteiger partial charge in [0.15, 0.2) is 0 Å². The Morgan fingerprint density at radius 2 is 2.06 bits per heavy atom. The van der Waals surface area contributed by atoms with Gasteiger partial charge in [0, 0.05) is 13.1 Å². The van der Waals surface area contributed by atoms with Crippen molar-refractivity contribution in [2.75, 3.05) is 26.4 Å². The van der Waals surface area contributed by atoms with Crippen molar-refractivity contribution in [2.24, 2.45) is 11.7 Å². The molecule has 6 nitrogen and oxygen atoms in total. The number of nitrogens with zero attached hydrogens (tertiary/aromatic N) is 1. The minimum Gasteiger partial charge on any atom is -0.352 e. The van der Waals surface area contributed by atoms with Crippen LogP contribution in [0.3, 0.4) is 0 Å². The molecule has 2 unspecified atom stereocenters. The van der Waals surface area contributed by atoms with Gasteiger partial charge in [-0.1, -0.05) is 6.42 Å². The molecule has 1 aliphatic rings. The minimum absolute atomic E-state index is 0. The van der Waals surface area contributed by atoms with Crippen LogP contribution < -0.4 is 11.1 Å². The number of amides is 1. The van der Waals surface area contributed by atoms with E-state index < -0.39 is 10.0 Å². The Morgan fingerprint density at radius 3 is 2.56 bits per heavy atom. The average Bonchev–Trinajstić information content (AvgIpc) is 2.63. The summed E-state index contributed by atoms with van der Waals surface area (Å²) in [5, 5.41) is 2.86. The minimum atomic E-state index is -3.30. The second-order valence-electron chi connectivity index (χ2n) is 4.62. The molecule has 0 heterocycles. The molecule has 108 valence electrons. The lowest BCUT2D eigenvalue weighted by Crippen LogP contribution is -2.45. The Hall–Kier alpha value is -0.370. The smallest absolute Gasteiger partial charge is 0.235 e. The monoisotopic (exact) mass is 299 g/mol. The van der Waals surface area contributed by atoms with E-state index in [1.165, 1.54) is 7.05 Å². The first-order chi connectivity index (χ1) is 7.84. The summed E-state index contributed by atoms with van der Waals surface area (Å²) < 4.78 is 23.3. The lowest BCUT2D eigenvalue weighted by Gasteiger charge is -2.21. The van der Waals surface area contributed by atoms with Crippen LogP contribution in [0.25, 0.3) is 0 Å². The van der Waals surface area contributed by atoms with Gasteiger partial charge in [0.05, 0.1) is 12.8 Å². The Balaban J connectivity index is 0.00000289. The predicted octanol–water partition coefficient (Wildman–Crippen LogP) is -0.457. The van der Waals surface area contributed by atoms with E-state index in [1.807, 2.05) is 0 Å². The fourth-order valence-electron chi connectivity index (χ4n) is 2.08. The zero-order valence-corrected chi connectivity index (χ0v) is 12.4. The molecule has 0 radical (unpaired) electrons. The van der Waals surface area contributed by atoms with Crippen LogP contribution in [0.4, 0.5) is 0 Å². The van der Waals surface area contributed by atoms with E-state index in [0.717, 1.165) is 29.8 Å². The lowest BCUT2D eigenvalue weighted by atomic mass is 10.0. The van der Waals surface area contributed by atoms with Crippen molar-refractivity contribution in [2.45, 2.75) is 25.3 Å². The van der Waals surface area contributed by atoms with Crippen LogP contribution in [-0.2, 0) is 14.8 Å². The van der Waals surface area contributed by atoms with E-state index >= 15 is 0 Å². The molecule has 3 N–H and O–H groups in total. The van der Waals surface area contributed by atoms with E-state index in [4.69, 9.17) is 5.73 Å². The maximum Gasteiger partial charge on any atom is 0.235 e. The van der Waals surface area contributed by atoms with Crippen LogP contribution in [0.15, 0.2) is 0 Å². The Labute approximate surface area is 115 Å². The first-order valence-electron chi connectivity index (χ1n) is 5.75. The summed E-state index contributed by atoms with van der Waals surface area (Å²) in [6.45, 7) is 0.430. The maximum atomic E-state index is 11.7. The quantitative estimate of drug-likeness (QED) is 0.719. The molecular weight excluding hydrogens is 278 g/mol. The zero-order valence-electron chi connectivity index (χ0n) is 10.8. The van der Waals surface area contributed by atoms with Crippen molar-refractivity contribution in [1.29, 1.82) is 0 Å². The van der Waals surface area contributed by atoms with E-state index in [2.05, 4.69) is 5.32 Å². The number of carbonyl (C=O) groups excluding carboxylic acids is 1. The molecule has 1 aliphatic carbocycles. The molecule has 0 spiro atoms. The lowest BCUT2D eigenvalue weighted by molar-refractivity contribution is -0.122. The van der Waals surface area contributed by atoms with Gasteiger partial charge in [-0.05, 0) is 25.3 Å². The van der Waals surface area contributed by atoms with Gasteiger partial charge < -0.3 is 11.1 Å². The van der Waals surface area contributed by atoms with Gasteiger partial charge in [-0.25, -0.2) is 8.42 Å². The third-order valence-electron chi connectivity index (χ3n) is 3.24. The second kappa shape index (κ2) is 7.28. The number of nitrogens with one attached hydrogen (secondary N) is 1. The number of hydrogen-bond donors (Lipinski definition) is 2. The van der Waals surface area contributed by atoms with Crippen LogP contribution in [-0.4, -0.2) is 51.1 Å². The van der Waals surface area contributed by atoms with Gasteiger partial charge >= 0.3 is 0 Å². The summed E-state index contributed by atoms with van der Waals surface area (Å²) in [5.41, 5.74) is 5.61. The van der Waals surface area contributed by atoms with Crippen LogP contribution in [0.1, 0.15) is 19.3 Å². The van der Waals surface area contributed by atoms with Gasteiger partial charge in [0.1, 0.15) is 0 Å². The summed E-state index contributed by atoms with van der Waals surface area (Å²) in [5.74, 6) is 0.0609. The third-order valence-corrected chi connectivity index (χ3v) is 4.50. The Morgan fingerprint density at radius 1 is 1.44 bits per heavy atom. The number of rotatable bonds is 5. The number of carbonyl (C=O) groups is 1. The number of halogens is 1. The highest BCUT2D eigenvalue weighted by Crippen LogP contribution is 2.24. The third kappa shape index (κ3) is 5.09. The summed E-state index contributed by atoms with van der Waals surface area (Å²) >= 11 is 0. The van der Waals surface area contributed by atoms with Gasteiger partial charge in [-0.15, -0.1) is 12.4 Å². The van der Waals surface area contributed by atoms with E-state index in [1.54, 1.807) is 0 Å². The summed E-state index contributed by atoms with van der Waals surface area (Å²) in [7, 11) is -1.91. The highest BCUT2D eigenvalue weighted by molar-refractivity contribution is 7.88. The topological polar surface area (TPSA) is 92.5 Å². The number of sulfonamides is 1. The summed E-state index contributed by atoms with van der Waals surface area (Å²) in [6, 6.07) is 0.0976. The Kier molecular flexibility index (Phi) is 7.13. The molecule has 1 rings (SSSR count). The van der Waals surface area contributed by atoms with Gasteiger partial charge in [-0.2, -0.15) is 4.31 Å². The molecule has 1 saturated carbocycles. The average molecular weight is 300 g/mol. The van der Waals surface area contributed by atoms with E-state index in [0.29, 0.717) is 12.5 Å². The van der Waals surface area contributed by atoms with Crippen LogP contribution in [0, 0.1) is 5.92 Å². The maximum absolute atomic E-state index is 11.7. The molecular formula is C10H22ClN3O3S. The highest BCUT2D eigenvalue weighted by atomic mass is 35.5. The normalized spacial score (nSPS) is 23.8. The predicted molar refractivity (Wildman–Crippen MR) is 73.0 cm³/mol. The molecule has 1 fully saturated rings.